The highest BCUT2D eigenvalue weighted by Gasteiger charge is 2.26. The molecule has 2 aromatic rings. The summed E-state index contributed by atoms with van der Waals surface area (Å²) in [5.74, 6) is 0.525. The van der Waals surface area contributed by atoms with E-state index in [4.69, 9.17) is 4.74 Å². The number of nitrogens with zero attached hydrogens (tertiary/aromatic N) is 4. The topological polar surface area (TPSA) is 103 Å². The molecule has 0 aromatic carbocycles. The highest BCUT2D eigenvalue weighted by atomic mass is 16.5. The van der Waals surface area contributed by atoms with Gasteiger partial charge in [-0.05, 0) is 24.6 Å². The molecule has 2 aromatic heterocycles. The number of piperazine rings is 1. The number of rotatable bonds is 5. The summed E-state index contributed by atoms with van der Waals surface area (Å²) in [5, 5.41) is 21.7. The standard InChI is InChI=1S/C19H26BN5O4/c1-23-12-14(20(27)28)10-17(19(23)26)22-18-3-2-15(11-21-18)24-5-7-25(8-6-24)16-4-9-29-13-16/h2-3,10-12,16,27-28H,4-9,13H2,1H3,(H,21,22). The second-order valence-electron chi connectivity index (χ2n) is 7.54. The summed E-state index contributed by atoms with van der Waals surface area (Å²) in [6, 6.07) is 5.79. The minimum atomic E-state index is -1.65. The third kappa shape index (κ3) is 4.45. The SMILES string of the molecule is Cn1cc(B(O)O)cc(Nc2ccc(N3CCN(C4CCOC4)CC3)cn2)c1=O. The van der Waals surface area contributed by atoms with Gasteiger partial charge in [0.25, 0.3) is 5.56 Å². The van der Waals surface area contributed by atoms with Crippen molar-refractivity contribution in [3.63, 3.8) is 0 Å². The highest BCUT2D eigenvalue weighted by molar-refractivity contribution is 6.58. The summed E-state index contributed by atoms with van der Waals surface area (Å²) < 4.78 is 6.80. The minimum Gasteiger partial charge on any atom is -0.423 e. The van der Waals surface area contributed by atoms with Gasteiger partial charge in [0.05, 0.1) is 18.5 Å². The van der Waals surface area contributed by atoms with Crippen LogP contribution in [0, 0.1) is 0 Å². The van der Waals surface area contributed by atoms with E-state index in [1.54, 1.807) is 13.2 Å². The van der Waals surface area contributed by atoms with Gasteiger partial charge in [-0.2, -0.15) is 0 Å². The predicted octanol–water partition coefficient (Wildman–Crippen LogP) is -0.885. The zero-order valence-corrected chi connectivity index (χ0v) is 16.5. The van der Waals surface area contributed by atoms with Gasteiger partial charge in [0, 0.05) is 57.5 Å². The number of pyridine rings is 2. The monoisotopic (exact) mass is 399 g/mol. The lowest BCUT2D eigenvalue weighted by atomic mass is 9.81. The van der Waals surface area contributed by atoms with Crippen LogP contribution in [0.4, 0.5) is 17.2 Å². The Morgan fingerprint density at radius 1 is 1.24 bits per heavy atom. The molecule has 2 aliphatic rings. The maximum Gasteiger partial charge on any atom is 0.490 e. The smallest absolute Gasteiger partial charge is 0.423 e. The van der Waals surface area contributed by atoms with Crippen molar-refractivity contribution < 1.29 is 14.8 Å². The lowest BCUT2D eigenvalue weighted by Gasteiger charge is -2.38. The molecular weight excluding hydrogens is 373 g/mol. The second-order valence-corrected chi connectivity index (χ2v) is 7.54. The van der Waals surface area contributed by atoms with Crippen LogP contribution in [-0.2, 0) is 11.8 Å². The van der Waals surface area contributed by atoms with Crippen molar-refractivity contribution in [2.45, 2.75) is 12.5 Å². The van der Waals surface area contributed by atoms with E-state index in [0.29, 0.717) is 11.9 Å². The van der Waals surface area contributed by atoms with Crippen molar-refractivity contribution in [1.29, 1.82) is 0 Å². The number of aromatic nitrogens is 2. The van der Waals surface area contributed by atoms with E-state index in [1.165, 1.54) is 16.8 Å². The van der Waals surface area contributed by atoms with E-state index in [1.807, 2.05) is 12.1 Å². The lowest BCUT2D eigenvalue weighted by molar-refractivity contribution is 0.139. The van der Waals surface area contributed by atoms with Gasteiger partial charge < -0.3 is 29.6 Å². The molecule has 0 bridgehead atoms. The molecule has 2 fully saturated rings. The van der Waals surface area contributed by atoms with Crippen molar-refractivity contribution in [3.05, 3.63) is 40.9 Å². The molecule has 0 radical (unpaired) electrons. The van der Waals surface area contributed by atoms with Crippen molar-refractivity contribution in [3.8, 4) is 0 Å². The molecule has 2 saturated heterocycles. The normalized spacial score (nSPS) is 20.1. The van der Waals surface area contributed by atoms with Crippen LogP contribution in [0.5, 0.6) is 0 Å². The average molecular weight is 399 g/mol. The zero-order chi connectivity index (χ0) is 20.4. The van der Waals surface area contributed by atoms with E-state index in [9.17, 15) is 14.8 Å². The molecule has 0 saturated carbocycles. The molecule has 0 spiro atoms. The number of ether oxygens (including phenoxy) is 1. The molecule has 29 heavy (non-hydrogen) atoms. The van der Waals surface area contributed by atoms with E-state index in [0.717, 1.165) is 51.5 Å². The fourth-order valence-electron chi connectivity index (χ4n) is 3.91. The molecule has 9 nitrogen and oxygen atoms in total. The summed E-state index contributed by atoms with van der Waals surface area (Å²) in [6.07, 6.45) is 4.31. The third-order valence-electron chi connectivity index (χ3n) is 5.61. The van der Waals surface area contributed by atoms with Gasteiger partial charge in [0.15, 0.2) is 0 Å². The molecular formula is C19H26BN5O4. The van der Waals surface area contributed by atoms with Gasteiger partial charge in [-0.15, -0.1) is 0 Å². The van der Waals surface area contributed by atoms with Crippen molar-refractivity contribution in [2.24, 2.45) is 7.05 Å². The number of hydrogen-bond donors (Lipinski definition) is 3. The second kappa shape index (κ2) is 8.54. The average Bonchev–Trinajstić information content (AvgIpc) is 3.27. The number of anilines is 3. The van der Waals surface area contributed by atoms with Gasteiger partial charge in [-0.1, -0.05) is 0 Å². The van der Waals surface area contributed by atoms with Crippen LogP contribution >= 0.6 is 0 Å². The van der Waals surface area contributed by atoms with Crippen LogP contribution in [0.25, 0.3) is 0 Å². The Hall–Kier alpha value is -2.40. The lowest BCUT2D eigenvalue weighted by Crippen LogP contribution is -2.50. The van der Waals surface area contributed by atoms with Crippen LogP contribution < -0.4 is 21.2 Å². The molecule has 0 amide bonds. The number of nitrogens with one attached hydrogen (secondary N) is 1. The number of hydrogen-bond acceptors (Lipinski definition) is 8. The summed E-state index contributed by atoms with van der Waals surface area (Å²) in [4.78, 5) is 21.5. The van der Waals surface area contributed by atoms with Crippen molar-refractivity contribution in [2.75, 3.05) is 49.6 Å². The molecule has 2 aliphatic heterocycles. The van der Waals surface area contributed by atoms with E-state index >= 15 is 0 Å². The first-order chi connectivity index (χ1) is 14.0. The third-order valence-corrected chi connectivity index (χ3v) is 5.61. The van der Waals surface area contributed by atoms with Gasteiger partial charge in [0.1, 0.15) is 11.5 Å². The Balaban J connectivity index is 1.41. The summed E-state index contributed by atoms with van der Waals surface area (Å²) >= 11 is 0. The molecule has 154 valence electrons. The Morgan fingerprint density at radius 2 is 2.03 bits per heavy atom. The quantitative estimate of drug-likeness (QED) is 0.557. The maximum atomic E-state index is 12.3. The maximum absolute atomic E-state index is 12.3. The van der Waals surface area contributed by atoms with Gasteiger partial charge in [-0.3, -0.25) is 9.69 Å². The largest absolute Gasteiger partial charge is 0.490 e. The van der Waals surface area contributed by atoms with E-state index < -0.39 is 7.12 Å². The first-order valence-electron chi connectivity index (χ1n) is 9.88. The molecule has 4 rings (SSSR count). The van der Waals surface area contributed by atoms with Gasteiger partial charge >= 0.3 is 7.12 Å². The Bertz CT molecular complexity index is 890. The summed E-state index contributed by atoms with van der Waals surface area (Å²) in [6.45, 7) is 5.63. The van der Waals surface area contributed by atoms with Crippen LogP contribution in [0.15, 0.2) is 35.4 Å². The van der Waals surface area contributed by atoms with Crippen molar-refractivity contribution in [1.82, 2.24) is 14.5 Å². The first kappa shape index (κ1) is 19.9. The Morgan fingerprint density at radius 3 is 2.66 bits per heavy atom. The summed E-state index contributed by atoms with van der Waals surface area (Å²) in [7, 11) is -0.0834. The number of aryl methyl sites for hydroxylation is 1. The molecule has 4 heterocycles. The van der Waals surface area contributed by atoms with Gasteiger partial charge in [-0.25, -0.2) is 4.98 Å². The summed E-state index contributed by atoms with van der Waals surface area (Å²) in [5.41, 5.74) is 1.25. The molecule has 10 heteroatoms. The van der Waals surface area contributed by atoms with Crippen molar-refractivity contribution >= 4 is 29.8 Å². The molecule has 3 N–H and O–H groups in total. The van der Waals surface area contributed by atoms with Crippen LogP contribution in [0.1, 0.15) is 6.42 Å². The van der Waals surface area contributed by atoms with Crippen LogP contribution in [-0.4, -0.2) is 77.1 Å². The zero-order valence-electron chi connectivity index (χ0n) is 16.5. The van der Waals surface area contributed by atoms with E-state index in [-0.39, 0.29) is 16.7 Å². The predicted molar refractivity (Wildman–Crippen MR) is 112 cm³/mol. The Labute approximate surface area is 169 Å². The van der Waals surface area contributed by atoms with Gasteiger partial charge in [0.2, 0.25) is 0 Å². The van der Waals surface area contributed by atoms with E-state index in [2.05, 4.69) is 20.1 Å². The molecule has 1 unspecified atom stereocenters. The fourth-order valence-corrected chi connectivity index (χ4v) is 3.91. The molecule has 1 atom stereocenters. The van der Waals surface area contributed by atoms with Crippen LogP contribution in [0.3, 0.4) is 0 Å². The Kier molecular flexibility index (Phi) is 5.86. The highest BCUT2D eigenvalue weighted by Crippen LogP contribution is 2.21. The fraction of sp³-hybridized carbons (Fsp3) is 0.474. The molecule has 0 aliphatic carbocycles. The van der Waals surface area contributed by atoms with Crippen LogP contribution in [0.2, 0.25) is 0 Å². The first-order valence-corrected chi connectivity index (χ1v) is 9.88. The minimum absolute atomic E-state index is 0.233.